The lowest BCUT2D eigenvalue weighted by atomic mass is 9.97. The van der Waals surface area contributed by atoms with Crippen LogP contribution in [0.4, 0.5) is 0 Å². The molecule has 1 aliphatic heterocycles. The van der Waals surface area contributed by atoms with Crippen LogP contribution in [0.5, 0.6) is 0 Å². The fraction of sp³-hybridized carbons (Fsp3) is 0.533. The fourth-order valence-corrected chi connectivity index (χ4v) is 3.43. The molecule has 6 nitrogen and oxygen atoms in total. The van der Waals surface area contributed by atoms with Crippen molar-refractivity contribution in [3.05, 3.63) is 21.9 Å². The smallest absolute Gasteiger partial charge is 0.306 e. The zero-order chi connectivity index (χ0) is 16.3. The highest BCUT2D eigenvalue weighted by atomic mass is 32.1. The molecule has 1 N–H and O–H groups in total. The Bertz CT molecular complexity index is 576. The topological polar surface area (TPSA) is 77.9 Å². The second kappa shape index (κ2) is 6.91. The van der Waals surface area contributed by atoms with Crippen LogP contribution in [-0.2, 0) is 9.59 Å². The number of aryl methyl sites for hydroxylation is 1. The van der Waals surface area contributed by atoms with Crippen molar-refractivity contribution in [3.63, 3.8) is 0 Å². The van der Waals surface area contributed by atoms with Gasteiger partial charge in [0.25, 0.3) is 5.91 Å². The van der Waals surface area contributed by atoms with Crippen LogP contribution in [0.1, 0.15) is 28.1 Å². The lowest BCUT2D eigenvalue weighted by molar-refractivity contribution is -0.145. The molecule has 0 radical (unpaired) electrons. The molecule has 2 heterocycles. The highest BCUT2D eigenvalue weighted by Crippen LogP contribution is 2.19. The number of rotatable bonds is 4. The van der Waals surface area contributed by atoms with Gasteiger partial charge in [0, 0.05) is 20.1 Å². The van der Waals surface area contributed by atoms with Gasteiger partial charge in [-0.05, 0) is 36.8 Å². The van der Waals surface area contributed by atoms with E-state index in [4.69, 9.17) is 5.11 Å². The third kappa shape index (κ3) is 3.65. The van der Waals surface area contributed by atoms with Crippen molar-refractivity contribution in [2.75, 3.05) is 26.7 Å². The van der Waals surface area contributed by atoms with E-state index in [1.807, 2.05) is 18.4 Å². The molecular weight excluding hydrogens is 304 g/mol. The number of likely N-dealkylation sites (tertiary alicyclic amines) is 1. The van der Waals surface area contributed by atoms with Gasteiger partial charge >= 0.3 is 5.97 Å². The van der Waals surface area contributed by atoms with Crippen molar-refractivity contribution in [1.82, 2.24) is 9.80 Å². The summed E-state index contributed by atoms with van der Waals surface area (Å²) in [4.78, 5) is 39.1. The van der Waals surface area contributed by atoms with E-state index >= 15 is 0 Å². The minimum atomic E-state index is -0.799. The molecule has 1 saturated heterocycles. The summed E-state index contributed by atoms with van der Waals surface area (Å²) in [5.41, 5.74) is 0.913. The van der Waals surface area contributed by atoms with Crippen LogP contribution in [0.3, 0.4) is 0 Å². The Morgan fingerprint density at radius 2 is 2.00 bits per heavy atom. The maximum atomic E-state index is 12.3. The van der Waals surface area contributed by atoms with Crippen LogP contribution in [0.15, 0.2) is 11.4 Å². The van der Waals surface area contributed by atoms with E-state index in [2.05, 4.69) is 0 Å². The molecule has 1 fully saturated rings. The largest absolute Gasteiger partial charge is 0.481 e. The van der Waals surface area contributed by atoms with Gasteiger partial charge < -0.3 is 14.9 Å². The van der Waals surface area contributed by atoms with Gasteiger partial charge in [-0.3, -0.25) is 14.4 Å². The van der Waals surface area contributed by atoms with Crippen molar-refractivity contribution in [2.45, 2.75) is 19.8 Å². The van der Waals surface area contributed by atoms with Crippen LogP contribution < -0.4 is 0 Å². The van der Waals surface area contributed by atoms with Gasteiger partial charge in [-0.25, -0.2) is 0 Å². The Kier molecular flexibility index (Phi) is 5.18. The minimum Gasteiger partial charge on any atom is -0.481 e. The second-order valence-corrected chi connectivity index (χ2v) is 6.50. The Labute approximate surface area is 133 Å². The highest BCUT2D eigenvalue weighted by molar-refractivity contribution is 7.12. The van der Waals surface area contributed by atoms with Crippen molar-refractivity contribution in [2.24, 2.45) is 5.92 Å². The van der Waals surface area contributed by atoms with Crippen molar-refractivity contribution >= 4 is 29.1 Å². The Morgan fingerprint density at radius 3 is 2.50 bits per heavy atom. The summed E-state index contributed by atoms with van der Waals surface area (Å²) < 4.78 is 0. The van der Waals surface area contributed by atoms with Gasteiger partial charge in [-0.2, -0.15) is 0 Å². The predicted octanol–water partition coefficient (Wildman–Crippen LogP) is 1.45. The minimum absolute atomic E-state index is 0.0217. The van der Waals surface area contributed by atoms with Gasteiger partial charge in [0.2, 0.25) is 5.91 Å². The molecule has 0 saturated carbocycles. The number of carbonyl (C=O) groups excluding carboxylic acids is 2. The zero-order valence-electron chi connectivity index (χ0n) is 12.7. The second-order valence-electron chi connectivity index (χ2n) is 5.59. The van der Waals surface area contributed by atoms with E-state index in [1.54, 1.807) is 11.9 Å². The van der Waals surface area contributed by atoms with Crippen molar-refractivity contribution in [3.8, 4) is 0 Å². The van der Waals surface area contributed by atoms with E-state index in [-0.39, 0.29) is 24.3 Å². The number of piperidine rings is 1. The number of carboxylic acid groups (broad SMARTS) is 1. The molecule has 0 bridgehead atoms. The van der Waals surface area contributed by atoms with E-state index in [1.165, 1.54) is 16.2 Å². The normalized spacial score (nSPS) is 15.6. The molecule has 0 aliphatic carbocycles. The highest BCUT2D eigenvalue weighted by Gasteiger charge is 2.28. The van der Waals surface area contributed by atoms with Crippen LogP contribution in [0.2, 0.25) is 0 Å². The number of carboxylic acids is 1. The number of aliphatic carboxylic acids is 1. The van der Waals surface area contributed by atoms with E-state index in [0.717, 1.165) is 5.56 Å². The summed E-state index contributed by atoms with van der Waals surface area (Å²) >= 11 is 1.37. The molecule has 1 aromatic rings. The maximum Gasteiger partial charge on any atom is 0.306 e. The zero-order valence-corrected chi connectivity index (χ0v) is 13.6. The summed E-state index contributed by atoms with van der Waals surface area (Å²) in [5.74, 6) is -1.44. The van der Waals surface area contributed by atoms with Gasteiger partial charge in [-0.1, -0.05) is 0 Å². The standard InChI is InChI=1S/C15H20N2O4S/c1-10-5-8-22-13(10)14(19)16(2)9-12(18)17-6-3-11(4-7-17)15(20)21/h5,8,11H,3-4,6-7,9H2,1-2H3,(H,20,21). The monoisotopic (exact) mass is 324 g/mol. The lowest BCUT2D eigenvalue weighted by Gasteiger charge is -2.31. The third-order valence-corrected chi connectivity index (χ3v) is 4.98. The maximum absolute atomic E-state index is 12.3. The van der Waals surface area contributed by atoms with Gasteiger partial charge in [-0.15, -0.1) is 11.3 Å². The molecule has 1 aliphatic rings. The molecule has 0 aromatic carbocycles. The number of carbonyl (C=O) groups is 3. The Morgan fingerprint density at radius 1 is 1.36 bits per heavy atom. The predicted molar refractivity (Wildman–Crippen MR) is 83.0 cm³/mol. The van der Waals surface area contributed by atoms with Crippen LogP contribution in [0, 0.1) is 12.8 Å². The van der Waals surface area contributed by atoms with Crippen molar-refractivity contribution < 1.29 is 19.5 Å². The van der Waals surface area contributed by atoms with Gasteiger partial charge in [0.05, 0.1) is 17.3 Å². The molecule has 0 unspecified atom stereocenters. The molecule has 2 amide bonds. The molecular formula is C15H20N2O4S. The Hall–Kier alpha value is -1.89. The van der Waals surface area contributed by atoms with Gasteiger partial charge in [0.1, 0.15) is 0 Å². The summed E-state index contributed by atoms with van der Waals surface area (Å²) in [5, 5.41) is 10.8. The molecule has 2 rings (SSSR count). The quantitative estimate of drug-likeness (QED) is 0.909. The lowest BCUT2D eigenvalue weighted by Crippen LogP contribution is -2.45. The number of thiophene rings is 1. The number of amides is 2. The first kappa shape index (κ1) is 16.5. The molecule has 1 aromatic heterocycles. The third-order valence-electron chi connectivity index (χ3n) is 3.97. The van der Waals surface area contributed by atoms with E-state index in [9.17, 15) is 14.4 Å². The summed E-state index contributed by atoms with van der Waals surface area (Å²) in [7, 11) is 1.61. The SMILES string of the molecule is Cc1ccsc1C(=O)N(C)CC(=O)N1CCC(C(=O)O)CC1. The summed E-state index contributed by atoms with van der Waals surface area (Å²) in [6, 6.07) is 1.88. The van der Waals surface area contributed by atoms with Crippen LogP contribution in [0.25, 0.3) is 0 Å². The van der Waals surface area contributed by atoms with Gasteiger partial charge in [0.15, 0.2) is 0 Å². The summed E-state index contributed by atoms with van der Waals surface area (Å²) in [6.07, 6.45) is 0.950. The number of hydrogen-bond donors (Lipinski definition) is 1. The molecule has 120 valence electrons. The van der Waals surface area contributed by atoms with Crippen LogP contribution in [-0.4, -0.2) is 59.4 Å². The van der Waals surface area contributed by atoms with E-state index < -0.39 is 5.97 Å². The molecule has 0 atom stereocenters. The van der Waals surface area contributed by atoms with Crippen LogP contribution >= 0.6 is 11.3 Å². The average molecular weight is 324 g/mol. The number of nitrogens with zero attached hydrogens (tertiary/aromatic N) is 2. The van der Waals surface area contributed by atoms with Crippen molar-refractivity contribution in [1.29, 1.82) is 0 Å². The molecule has 0 spiro atoms. The first-order chi connectivity index (χ1) is 10.4. The number of hydrogen-bond acceptors (Lipinski definition) is 4. The number of likely N-dealkylation sites (N-methyl/N-ethyl adjacent to an activating group) is 1. The first-order valence-electron chi connectivity index (χ1n) is 7.20. The first-order valence-corrected chi connectivity index (χ1v) is 8.08. The molecule has 7 heteroatoms. The summed E-state index contributed by atoms with van der Waals surface area (Å²) in [6.45, 7) is 2.77. The Balaban J connectivity index is 1.88. The fourth-order valence-electron chi connectivity index (χ4n) is 2.52. The molecule has 22 heavy (non-hydrogen) atoms. The average Bonchev–Trinajstić information content (AvgIpc) is 2.92. The van der Waals surface area contributed by atoms with E-state index in [0.29, 0.717) is 30.8 Å².